The van der Waals surface area contributed by atoms with Crippen molar-refractivity contribution in [3.05, 3.63) is 59.0 Å². The van der Waals surface area contributed by atoms with Crippen LogP contribution in [0.25, 0.3) is 5.82 Å². The quantitative estimate of drug-likeness (QED) is 0.730. The lowest BCUT2D eigenvalue weighted by atomic mass is 10.2. The number of hydrogen-bond donors (Lipinski definition) is 2. The SMILES string of the molecule is Cc1nc(C(=O)O)c(NC(=O)c2ccc(-n3ccnc3)nn2)cc1Cl. The fourth-order valence-corrected chi connectivity index (χ4v) is 2.16. The van der Waals surface area contributed by atoms with Gasteiger partial charge in [0.05, 0.1) is 16.4 Å². The number of carboxylic acids is 1. The van der Waals surface area contributed by atoms with Gasteiger partial charge >= 0.3 is 5.97 Å². The topological polar surface area (TPSA) is 123 Å². The highest BCUT2D eigenvalue weighted by Crippen LogP contribution is 2.22. The molecule has 0 saturated carbocycles. The number of carbonyl (C=O) groups excluding carboxylic acids is 1. The Bertz CT molecular complexity index is 941. The molecule has 2 N–H and O–H groups in total. The van der Waals surface area contributed by atoms with E-state index in [4.69, 9.17) is 11.6 Å². The van der Waals surface area contributed by atoms with E-state index in [9.17, 15) is 14.7 Å². The van der Waals surface area contributed by atoms with Crippen molar-refractivity contribution in [2.45, 2.75) is 6.92 Å². The highest BCUT2D eigenvalue weighted by atomic mass is 35.5. The molecule has 1 amide bonds. The lowest BCUT2D eigenvalue weighted by Gasteiger charge is -2.09. The third kappa shape index (κ3) is 3.45. The minimum Gasteiger partial charge on any atom is -0.476 e. The van der Waals surface area contributed by atoms with Crippen LogP contribution in [0.15, 0.2) is 36.9 Å². The number of imidazole rings is 1. The van der Waals surface area contributed by atoms with Gasteiger partial charge in [-0.25, -0.2) is 14.8 Å². The minimum atomic E-state index is -1.28. The molecule has 3 heterocycles. The smallest absolute Gasteiger partial charge is 0.356 e. The van der Waals surface area contributed by atoms with Crippen LogP contribution in [0.4, 0.5) is 5.69 Å². The number of pyridine rings is 1. The monoisotopic (exact) mass is 358 g/mol. The van der Waals surface area contributed by atoms with Gasteiger partial charge in [-0.3, -0.25) is 9.36 Å². The summed E-state index contributed by atoms with van der Waals surface area (Å²) in [6.07, 6.45) is 4.82. The van der Waals surface area contributed by atoms with Crippen molar-refractivity contribution in [3.63, 3.8) is 0 Å². The summed E-state index contributed by atoms with van der Waals surface area (Å²) < 4.78 is 1.63. The number of aryl methyl sites for hydroxylation is 1. The maximum atomic E-state index is 12.3. The van der Waals surface area contributed by atoms with Gasteiger partial charge in [0.2, 0.25) is 0 Å². The summed E-state index contributed by atoms with van der Waals surface area (Å²) in [5.74, 6) is -1.43. The number of aromatic carboxylic acids is 1. The number of amides is 1. The fraction of sp³-hybridized carbons (Fsp3) is 0.0667. The summed E-state index contributed by atoms with van der Waals surface area (Å²) in [5, 5.41) is 19.7. The molecule has 0 fully saturated rings. The highest BCUT2D eigenvalue weighted by Gasteiger charge is 2.18. The van der Waals surface area contributed by atoms with E-state index in [0.717, 1.165) is 0 Å². The fourth-order valence-electron chi connectivity index (χ4n) is 2.00. The van der Waals surface area contributed by atoms with Crippen LogP contribution >= 0.6 is 11.6 Å². The number of anilines is 1. The van der Waals surface area contributed by atoms with Gasteiger partial charge in [-0.2, -0.15) is 0 Å². The zero-order valence-electron chi connectivity index (χ0n) is 12.8. The Balaban J connectivity index is 1.85. The normalized spacial score (nSPS) is 10.5. The molecule has 0 saturated heterocycles. The molecule has 0 spiro atoms. The van der Waals surface area contributed by atoms with E-state index in [0.29, 0.717) is 11.5 Å². The van der Waals surface area contributed by atoms with Crippen molar-refractivity contribution in [2.24, 2.45) is 0 Å². The Kier molecular flexibility index (Phi) is 4.40. The molecule has 126 valence electrons. The number of nitrogens with zero attached hydrogens (tertiary/aromatic N) is 5. The van der Waals surface area contributed by atoms with E-state index in [1.807, 2.05) is 0 Å². The standard InChI is InChI=1S/C15H11ClN6O3/c1-8-9(16)6-11(13(18-8)15(24)25)19-14(23)10-2-3-12(21-20-10)22-5-4-17-7-22/h2-7H,1H3,(H,19,23)(H,24,25). The van der Waals surface area contributed by atoms with Crippen molar-refractivity contribution in [1.29, 1.82) is 0 Å². The average molecular weight is 359 g/mol. The molecule has 3 aromatic heterocycles. The molecular weight excluding hydrogens is 348 g/mol. The molecule has 0 aliphatic carbocycles. The average Bonchev–Trinajstić information content (AvgIpc) is 3.12. The van der Waals surface area contributed by atoms with Gasteiger partial charge in [-0.1, -0.05) is 11.6 Å². The van der Waals surface area contributed by atoms with Gasteiger partial charge in [0.15, 0.2) is 17.2 Å². The van der Waals surface area contributed by atoms with Crippen LogP contribution in [0, 0.1) is 6.92 Å². The van der Waals surface area contributed by atoms with Crippen molar-refractivity contribution in [3.8, 4) is 5.82 Å². The summed E-state index contributed by atoms with van der Waals surface area (Å²) in [5.41, 5.74) is 0.0327. The molecule has 3 aromatic rings. The Morgan fingerprint density at radius 3 is 2.68 bits per heavy atom. The van der Waals surface area contributed by atoms with E-state index in [1.54, 1.807) is 36.3 Å². The second kappa shape index (κ2) is 6.65. The van der Waals surface area contributed by atoms with Gasteiger partial charge in [0.25, 0.3) is 5.91 Å². The summed E-state index contributed by atoms with van der Waals surface area (Å²) in [6, 6.07) is 4.38. The van der Waals surface area contributed by atoms with Gasteiger partial charge in [0.1, 0.15) is 6.33 Å². The molecule has 0 aromatic carbocycles. The van der Waals surface area contributed by atoms with Crippen LogP contribution in [0.3, 0.4) is 0 Å². The minimum absolute atomic E-state index is 0.0110. The summed E-state index contributed by atoms with van der Waals surface area (Å²) >= 11 is 5.95. The molecule has 0 aliphatic heterocycles. The van der Waals surface area contributed by atoms with Crippen molar-refractivity contribution in [1.82, 2.24) is 24.7 Å². The number of carboxylic acid groups (broad SMARTS) is 1. The molecule has 0 bridgehead atoms. The summed E-state index contributed by atoms with van der Waals surface area (Å²) in [6.45, 7) is 1.57. The zero-order valence-corrected chi connectivity index (χ0v) is 13.6. The first-order valence-corrected chi connectivity index (χ1v) is 7.37. The maximum Gasteiger partial charge on any atom is 0.356 e. The second-order valence-corrected chi connectivity index (χ2v) is 5.36. The molecule has 25 heavy (non-hydrogen) atoms. The van der Waals surface area contributed by atoms with E-state index < -0.39 is 11.9 Å². The Morgan fingerprint density at radius 2 is 2.08 bits per heavy atom. The molecule has 10 heteroatoms. The van der Waals surface area contributed by atoms with Crippen LogP contribution in [-0.2, 0) is 0 Å². The Morgan fingerprint density at radius 1 is 1.28 bits per heavy atom. The van der Waals surface area contributed by atoms with Gasteiger partial charge in [-0.05, 0) is 25.1 Å². The molecule has 0 unspecified atom stereocenters. The van der Waals surface area contributed by atoms with Gasteiger partial charge in [-0.15, -0.1) is 10.2 Å². The van der Waals surface area contributed by atoms with Gasteiger partial charge in [0, 0.05) is 12.4 Å². The number of aromatic nitrogens is 5. The van der Waals surface area contributed by atoms with E-state index in [1.165, 1.54) is 12.1 Å². The van der Waals surface area contributed by atoms with Crippen LogP contribution in [0.5, 0.6) is 0 Å². The van der Waals surface area contributed by atoms with E-state index in [-0.39, 0.29) is 22.1 Å². The largest absolute Gasteiger partial charge is 0.476 e. The molecule has 3 rings (SSSR count). The molecule has 0 atom stereocenters. The summed E-state index contributed by atoms with van der Waals surface area (Å²) in [7, 11) is 0. The number of nitrogens with one attached hydrogen (secondary N) is 1. The molecule has 9 nitrogen and oxygen atoms in total. The first-order valence-electron chi connectivity index (χ1n) is 6.99. The predicted molar refractivity (Wildman–Crippen MR) is 88.1 cm³/mol. The second-order valence-electron chi connectivity index (χ2n) is 4.96. The number of carbonyl (C=O) groups is 2. The highest BCUT2D eigenvalue weighted by molar-refractivity contribution is 6.31. The van der Waals surface area contributed by atoms with Crippen molar-refractivity contribution in [2.75, 3.05) is 5.32 Å². The molecule has 0 radical (unpaired) electrons. The number of halogens is 1. The zero-order chi connectivity index (χ0) is 18.0. The third-order valence-electron chi connectivity index (χ3n) is 3.25. The Labute approximate surface area is 146 Å². The lowest BCUT2D eigenvalue weighted by Crippen LogP contribution is -2.18. The lowest BCUT2D eigenvalue weighted by molar-refractivity contribution is 0.0691. The third-order valence-corrected chi connectivity index (χ3v) is 3.64. The first kappa shape index (κ1) is 16.5. The van der Waals surface area contributed by atoms with Crippen molar-refractivity contribution < 1.29 is 14.7 Å². The molecule has 0 aliphatic rings. The summed E-state index contributed by atoms with van der Waals surface area (Å²) in [4.78, 5) is 31.3. The van der Waals surface area contributed by atoms with Gasteiger partial charge < -0.3 is 10.4 Å². The molecular formula is C15H11ClN6O3. The van der Waals surface area contributed by atoms with Crippen LogP contribution in [0.1, 0.15) is 26.7 Å². The van der Waals surface area contributed by atoms with E-state index >= 15 is 0 Å². The maximum absolute atomic E-state index is 12.3. The van der Waals surface area contributed by atoms with E-state index in [2.05, 4.69) is 25.5 Å². The first-order chi connectivity index (χ1) is 12.0. The number of rotatable bonds is 4. The van der Waals surface area contributed by atoms with Crippen LogP contribution in [-0.4, -0.2) is 41.7 Å². The van der Waals surface area contributed by atoms with Crippen LogP contribution < -0.4 is 5.32 Å². The van der Waals surface area contributed by atoms with Crippen LogP contribution in [0.2, 0.25) is 5.02 Å². The van der Waals surface area contributed by atoms with Crippen molar-refractivity contribution >= 4 is 29.2 Å². The number of hydrogen-bond acceptors (Lipinski definition) is 6. The Hall–Kier alpha value is -3.33. The predicted octanol–water partition coefficient (Wildman–Crippen LogP) is 1.97.